The Hall–Kier alpha value is -0.0400. The van der Waals surface area contributed by atoms with Crippen molar-refractivity contribution < 1.29 is 5.11 Å². The minimum atomic E-state index is -0.225. The van der Waals surface area contributed by atoms with E-state index in [0.29, 0.717) is 0 Å². The normalized spacial score (nSPS) is 12.8. The van der Waals surface area contributed by atoms with Crippen molar-refractivity contribution in [3.8, 4) is 0 Å². The second-order valence-electron chi connectivity index (χ2n) is 6.01. The molecule has 0 rings (SSSR count). The molecule has 0 spiro atoms. The Kier molecular flexibility index (Phi) is 16.0. The van der Waals surface area contributed by atoms with Gasteiger partial charge in [-0.25, -0.2) is 0 Å². The highest BCUT2D eigenvalue weighted by molar-refractivity contribution is 4.70. The van der Waals surface area contributed by atoms with Crippen LogP contribution >= 0.6 is 0 Å². The van der Waals surface area contributed by atoms with Crippen LogP contribution in [0.3, 0.4) is 0 Å². The average molecular weight is 269 g/mol. The largest absolute Gasteiger partial charge is 0.393 e. The number of rotatable bonds is 15. The maximum absolute atomic E-state index is 9.09. The van der Waals surface area contributed by atoms with Gasteiger partial charge in [-0.1, -0.05) is 90.4 Å². The highest BCUT2D eigenvalue weighted by atomic mass is 16.3. The lowest BCUT2D eigenvalue weighted by atomic mass is 10.0. The minimum Gasteiger partial charge on any atom is -0.393 e. The molecule has 0 aromatic rings. The zero-order valence-corrected chi connectivity index (χ0v) is 13.5. The van der Waals surface area contributed by atoms with Gasteiger partial charge in [0.25, 0.3) is 0 Å². The summed E-state index contributed by atoms with van der Waals surface area (Å²) in [4.78, 5) is 0. The Balaban J connectivity index is 2.91. The van der Waals surface area contributed by atoms with Crippen LogP contribution in [-0.2, 0) is 0 Å². The van der Waals surface area contributed by atoms with E-state index in [4.69, 9.17) is 5.11 Å². The van der Waals surface area contributed by atoms with Crippen LogP contribution in [0.5, 0.6) is 0 Å². The highest BCUT2D eigenvalue weighted by Crippen LogP contribution is 2.13. The second-order valence-corrected chi connectivity index (χ2v) is 6.01. The highest BCUT2D eigenvalue weighted by Gasteiger charge is 1.96. The molecule has 19 heavy (non-hydrogen) atoms. The summed E-state index contributed by atoms with van der Waals surface area (Å²) in [6, 6.07) is 0. The standard InChI is InChI=1S/C18H37O/c1-3-4-5-6-7-8-9-10-11-12-13-14-15-16-17-18(2)19/h17-19H,3-16H2,1-2H3. The molecule has 0 bridgehead atoms. The summed E-state index contributed by atoms with van der Waals surface area (Å²) >= 11 is 0. The number of aliphatic hydroxyl groups excluding tert-OH is 1. The van der Waals surface area contributed by atoms with E-state index >= 15 is 0 Å². The predicted molar refractivity (Wildman–Crippen MR) is 86.3 cm³/mol. The minimum absolute atomic E-state index is 0.225. The maximum Gasteiger partial charge on any atom is 0.0543 e. The predicted octanol–water partition coefficient (Wildman–Crippen LogP) is 6.05. The van der Waals surface area contributed by atoms with E-state index in [9.17, 15) is 0 Å². The van der Waals surface area contributed by atoms with Gasteiger partial charge in [0.15, 0.2) is 0 Å². The van der Waals surface area contributed by atoms with Crippen LogP contribution in [0, 0.1) is 6.42 Å². The van der Waals surface area contributed by atoms with Crippen molar-refractivity contribution in [1.29, 1.82) is 0 Å². The summed E-state index contributed by atoms with van der Waals surface area (Å²) in [7, 11) is 0. The SMILES string of the molecule is CCCCCCCCCCCCCCC[CH]C(C)O. The molecule has 1 atom stereocenters. The first-order valence-corrected chi connectivity index (χ1v) is 8.78. The molecule has 1 unspecified atom stereocenters. The monoisotopic (exact) mass is 269 g/mol. The molecule has 1 nitrogen and oxygen atoms in total. The number of unbranched alkanes of at least 4 members (excludes halogenated alkanes) is 13. The number of hydrogen-bond acceptors (Lipinski definition) is 1. The van der Waals surface area contributed by atoms with Crippen molar-refractivity contribution in [1.82, 2.24) is 0 Å². The van der Waals surface area contributed by atoms with E-state index in [0.717, 1.165) is 6.42 Å². The third-order valence-electron chi connectivity index (χ3n) is 3.82. The van der Waals surface area contributed by atoms with Crippen LogP contribution in [0.25, 0.3) is 0 Å². The van der Waals surface area contributed by atoms with Gasteiger partial charge in [-0.2, -0.15) is 0 Å². The van der Waals surface area contributed by atoms with Crippen LogP contribution in [0.2, 0.25) is 0 Å². The van der Waals surface area contributed by atoms with Gasteiger partial charge in [-0.15, -0.1) is 0 Å². The van der Waals surface area contributed by atoms with E-state index in [-0.39, 0.29) is 6.10 Å². The van der Waals surface area contributed by atoms with Gasteiger partial charge in [-0.3, -0.25) is 0 Å². The third kappa shape index (κ3) is 18.0. The Morgan fingerprint density at radius 1 is 0.684 bits per heavy atom. The molecule has 0 aliphatic rings. The molecule has 1 radical (unpaired) electrons. The fourth-order valence-electron chi connectivity index (χ4n) is 2.52. The maximum atomic E-state index is 9.09. The summed E-state index contributed by atoms with van der Waals surface area (Å²) < 4.78 is 0. The average Bonchev–Trinajstić information content (AvgIpc) is 2.39. The lowest BCUT2D eigenvalue weighted by molar-refractivity contribution is 0.222. The third-order valence-corrected chi connectivity index (χ3v) is 3.82. The molecule has 0 aromatic carbocycles. The summed E-state index contributed by atoms with van der Waals surface area (Å²) in [5, 5.41) is 9.09. The Morgan fingerprint density at radius 3 is 1.42 bits per heavy atom. The first-order chi connectivity index (χ1) is 9.27. The van der Waals surface area contributed by atoms with Crippen LogP contribution < -0.4 is 0 Å². The Bertz CT molecular complexity index is 154. The summed E-state index contributed by atoms with van der Waals surface area (Å²) in [5.74, 6) is 0. The zero-order chi connectivity index (χ0) is 14.2. The lowest BCUT2D eigenvalue weighted by Crippen LogP contribution is -1.99. The van der Waals surface area contributed by atoms with Crippen LogP contribution in [-0.4, -0.2) is 11.2 Å². The molecule has 0 saturated heterocycles. The molecular weight excluding hydrogens is 232 g/mol. The smallest absolute Gasteiger partial charge is 0.0543 e. The quantitative estimate of drug-likeness (QED) is 0.359. The van der Waals surface area contributed by atoms with Gasteiger partial charge in [0, 0.05) is 0 Å². The molecule has 115 valence electrons. The van der Waals surface area contributed by atoms with Gasteiger partial charge in [0.1, 0.15) is 0 Å². The summed E-state index contributed by atoms with van der Waals surface area (Å²) in [6.07, 6.45) is 21.1. The molecule has 0 amide bonds. The molecule has 0 aromatic heterocycles. The zero-order valence-electron chi connectivity index (χ0n) is 13.5. The van der Waals surface area contributed by atoms with Crippen LogP contribution in [0.15, 0.2) is 0 Å². The van der Waals surface area contributed by atoms with Crippen LogP contribution in [0.1, 0.15) is 104 Å². The van der Waals surface area contributed by atoms with E-state index in [1.165, 1.54) is 83.5 Å². The topological polar surface area (TPSA) is 20.2 Å². The van der Waals surface area contributed by atoms with Crippen molar-refractivity contribution >= 4 is 0 Å². The van der Waals surface area contributed by atoms with Crippen LogP contribution in [0.4, 0.5) is 0 Å². The fourth-order valence-corrected chi connectivity index (χ4v) is 2.52. The van der Waals surface area contributed by atoms with Crippen molar-refractivity contribution in [2.24, 2.45) is 0 Å². The molecule has 0 aliphatic heterocycles. The Morgan fingerprint density at radius 2 is 1.05 bits per heavy atom. The first kappa shape index (κ1) is 19.0. The van der Waals surface area contributed by atoms with Gasteiger partial charge in [0.05, 0.1) is 6.10 Å². The Labute approximate surface area is 122 Å². The van der Waals surface area contributed by atoms with Gasteiger partial charge in [0.2, 0.25) is 0 Å². The van der Waals surface area contributed by atoms with Crippen molar-refractivity contribution in [3.63, 3.8) is 0 Å². The summed E-state index contributed by atoms with van der Waals surface area (Å²) in [6.45, 7) is 4.12. The van der Waals surface area contributed by atoms with Gasteiger partial charge >= 0.3 is 0 Å². The lowest BCUT2D eigenvalue weighted by Gasteiger charge is -2.04. The molecule has 1 N–H and O–H groups in total. The van der Waals surface area contributed by atoms with E-state index in [1.807, 2.05) is 13.3 Å². The van der Waals surface area contributed by atoms with Gasteiger partial charge < -0.3 is 5.11 Å². The van der Waals surface area contributed by atoms with Crippen molar-refractivity contribution in [2.45, 2.75) is 110 Å². The molecule has 0 saturated carbocycles. The van der Waals surface area contributed by atoms with Gasteiger partial charge in [-0.05, 0) is 19.8 Å². The second kappa shape index (κ2) is 16.0. The molecule has 0 aliphatic carbocycles. The molecule has 0 heterocycles. The molecule has 1 heteroatoms. The van der Waals surface area contributed by atoms with E-state index in [1.54, 1.807) is 0 Å². The van der Waals surface area contributed by atoms with E-state index < -0.39 is 0 Å². The first-order valence-electron chi connectivity index (χ1n) is 8.78. The molecular formula is C18H37O. The summed E-state index contributed by atoms with van der Waals surface area (Å²) in [5.41, 5.74) is 0. The van der Waals surface area contributed by atoms with Crippen molar-refractivity contribution in [3.05, 3.63) is 6.42 Å². The van der Waals surface area contributed by atoms with E-state index in [2.05, 4.69) is 6.92 Å². The fraction of sp³-hybridized carbons (Fsp3) is 0.944. The molecule has 0 fully saturated rings. The number of hydrogen-bond donors (Lipinski definition) is 1. The van der Waals surface area contributed by atoms with Crippen molar-refractivity contribution in [2.75, 3.05) is 0 Å². The number of aliphatic hydroxyl groups is 1.